The molecule has 0 saturated heterocycles. The molecule has 28 heavy (non-hydrogen) atoms. The van der Waals surface area contributed by atoms with Crippen LogP contribution >= 0.6 is 0 Å². The zero-order valence-electron chi connectivity index (χ0n) is 15.9. The summed E-state index contributed by atoms with van der Waals surface area (Å²) in [6.45, 7) is 2.67. The Balaban J connectivity index is 5.46. The van der Waals surface area contributed by atoms with Crippen molar-refractivity contribution in [3.63, 3.8) is 0 Å². The molecule has 0 spiro atoms. The van der Waals surface area contributed by atoms with Gasteiger partial charge in [0.1, 0.15) is 6.61 Å². The molecule has 1 unspecified atom stereocenters. The molecule has 166 valence electrons. The van der Waals surface area contributed by atoms with Crippen LogP contribution in [0.2, 0.25) is 0 Å². The zero-order valence-corrected chi connectivity index (χ0v) is 15.9. The van der Waals surface area contributed by atoms with E-state index in [-0.39, 0.29) is 13.3 Å². The quantitative estimate of drug-likeness (QED) is 0.399. The van der Waals surface area contributed by atoms with Crippen LogP contribution in [-0.4, -0.2) is 42.9 Å². The van der Waals surface area contributed by atoms with Crippen LogP contribution in [0.1, 0.15) is 47.5 Å². The van der Waals surface area contributed by atoms with Crippen molar-refractivity contribution < 1.29 is 54.2 Å². The molecular weight excluding hydrogens is 408 g/mol. The van der Waals surface area contributed by atoms with Crippen molar-refractivity contribution in [2.45, 2.75) is 71.8 Å². The molecule has 0 aromatic heterocycles. The van der Waals surface area contributed by atoms with Gasteiger partial charge in [0.05, 0.1) is 5.41 Å². The van der Waals surface area contributed by atoms with Crippen LogP contribution in [-0.2, 0) is 19.1 Å². The van der Waals surface area contributed by atoms with Gasteiger partial charge in [-0.15, -0.1) is 0 Å². The van der Waals surface area contributed by atoms with Crippen molar-refractivity contribution in [1.29, 1.82) is 0 Å². The number of hydrogen-bond acceptors (Lipinski definition) is 4. The molecule has 0 bridgehead atoms. The van der Waals surface area contributed by atoms with Gasteiger partial charge < -0.3 is 9.47 Å². The lowest BCUT2D eigenvalue weighted by atomic mass is 9.90. The summed E-state index contributed by atoms with van der Waals surface area (Å²) >= 11 is 0. The van der Waals surface area contributed by atoms with Gasteiger partial charge >= 0.3 is 30.2 Å². The molecule has 0 saturated carbocycles. The first-order chi connectivity index (χ1) is 12.3. The second-order valence-electron chi connectivity index (χ2n) is 7.07. The van der Waals surface area contributed by atoms with Gasteiger partial charge in [0, 0.05) is 0 Å². The van der Waals surface area contributed by atoms with Crippen LogP contribution < -0.4 is 0 Å². The minimum absolute atomic E-state index is 0.188. The Kier molecular flexibility index (Phi) is 7.91. The van der Waals surface area contributed by atoms with Crippen LogP contribution in [0.25, 0.3) is 0 Å². The summed E-state index contributed by atoms with van der Waals surface area (Å²) in [5, 5.41) is 0. The van der Waals surface area contributed by atoms with Crippen molar-refractivity contribution in [3.05, 3.63) is 0 Å². The molecule has 0 aromatic rings. The second kappa shape index (κ2) is 8.40. The number of hydrogen-bond donors (Lipinski definition) is 0. The van der Waals surface area contributed by atoms with Gasteiger partial charge in [-0.25, -0.2) is 4.79 Å². The molecule has 0 radical (unpaired) electrons. The molecule has 0 N–H and O–H groups in total. The Hall–Kier alpha value is -1.62. The Morgan fingerprint density at radius 2 is 1.25 bits per heavy atom. The average Bonchev–Trinajstić information content (AvgIpc) is 2.54. The number of rotatable bonds is 8. The number of ether oxygens (including phenoxy) is 2. The number of alkyl halides is 8. The highest BCUT2D eigenvalue weighted by Gasteiger charge is 2.69. The van der Waals surface area contributed by atoms with Gasteiger partial charge in [-0.3, -0.25) is 4.79 Å². The van der Waals surface area contributed by atoms with E-state index in [9.17, 15) is 44.7 Å². The molecule has 0 aromatic carbocycles. The molecule has 12 heteroatoms. The summed E-state index contributed by atoms with van der Waals surface area (Å²) < 4.78 is 113. The van der Waals surface area contributed by atoms with E-state index in [4.69, 9.17) is 0 Å². The Morgan fingerprint density at radius 3 is 1.57 bits per heavy atom. The lowest BCUT2D eigenvalue weighted by molar-refractivity contribution is -0.344. The van der Waals surface area contributed by atoms with Crippen molar-refractivity contribution in [2.24, 2.45) is 10.8 Å². The van der Waals surface area contributed by atoms with Crippen LogP contribution in [0.15, 0.2) is 0 Å². The van der Waals surface area contributed by atoms with Crippen LogP contribution in [0.3, 0.4) is 0 Å². The van der Waals surface area contributed by atoms with Crippen molar-refractivity contribution in [2.75, 3.05) is 6.61 Å². The Morgan fingerprint density at radius 1 is 0.821 bits per heavy atom. The first-order valence-electron chi connectivity index (χ1n) is 8.17. The minimum Gasteiger partial charge on any atom is -0.460 e. The molecule has 0 rings (SSSR count). The van der Waals surface area contributed by atoms with Gasteiger partial charge in [0.2, 0.25) is 0 Å². The monoisotopic (exact) mass is 430 g/mol. The minimum atomic E-state index is -5.91. The first-order valence-corrected chi connectivity index (χ1v) is 8.17. The van der Waals surface area contributed by atoms with E-state index in [0.29, 0.717) is 0 Å². The van der Waals surface area contributed by atoms with Gasteiger partial charge in [0.15, 0.2) is 11.5 Å². The first kappa shape index (κ1) is 26.4. The molecular formula is C16H22F8O4. The predicted octanol–water partition coefficient (Wildman–Crippen LogP) is 5.05. The SMILES string of the molecule is CCC(OC(=O)C(C)(C)CC)C(F)(F)C(=O)OCC(C)(C(F)(F)F)C(F)(F)F. The van der Waals surface area contributed by atoms with Gasteiger partial charge in [-0.1, -0.05) is 13.8 Å². The standard InChI is InChI=1S/C16H22F8O4/c1-6-9(28-10(25)12(3,4)7-2)14(17,18)11(26)27-8-13(5,15(19,20)21)16(22,23)24/h9H,6-8H2,1-5H3. The normalized spacial score (nSPS) is 15.2. The summed E-state index contributed by atoms with van der Waals surface area (Å²) in [5.74, 6) is -8.40. The van der Waals surface area contributed by atoms with Crippen LogP contribution in [0.4, 0.5) is 35.1 Å². The topological polar surface area (TPSA) is 52.6 Å². The summed E-state index contributed by atoms with van der Waals surface area (Å²) in [6, 6.07) is 0. The van der Waals surface area contributed by atoms with Crippen LogP contribution in [0, 0.1) is 10.8 Å². The summed E-state index contributed by atoms with van der Waals surface area (Å²) in [5.41, 5.74) is -5.74. The lowest BCUT2D eigenvalue weighted by Crippen LogP contribution is -2.53. The fourth-order valence-electron chi connectivity index (χ4n) is 1.61. The highest BCUT2D eigenvalue weighted by atomic mass is 19.4. The highest BCUT2D eigenvalue weighted by molar-refractivity contribution is 5.80. The van der Waals surface area contributed by atoms with E-state index in [1.54, 1.807) is 6.92 Å². The maximum Gasteiger partial charge on any atom is 0.406 e. The molecule has 0 aliphatic heterocycles. The maximum absolute atomic E-state index is 14.2. The van der Waals surface area contributed by atoms with Crippen molar-refractivity contribution in [1.82, 2.24) is 0 Å². The van der Waals surface area contributed by atoms with Crippen molar-refractivity contribution in [3.8, 4) is 0 Å². The largest absolute Gasteiger partial charge is 0.460 e. The van der Waals surface area contributed by atoms with E-state index < -0.39 is 60.2 Å². The number of halogens is 8. The number of carbonyl (C=O) groups excluding carboxylic acids is 2. The number of carbonyl (C=O) groups is 2. The summed E-state index contributed by atoms with van der Waals surface area (Å²) in [4.78, 5) is 23.5. The number of esters is 2. The van der Waals surface area contributed by atoms with Crippen molar-refractivity contribution >= 4 is 11.9 Å². The molecule has 0 aliphatic rings. The van der Waals surface area contributed by atoms with E-state index in [0.717, 1.165) is 6.92 Å². The molecule has 0 fully saturated rings. The van der Waals surface area contributed by atoms with E-state index in [2.05, 4.69) is 9.47 Å². The van der Waals surface area contributed by atoms with Gasteiger partial charge in [-0.2, -0.15) is 35.1 Å². The summed E-state index contributed by atoms with van der Waals surface area (Å²) in [7, 11) is 0. The third-order valence-corrected chi connectivity index (χ3v) is 4.48. The third kappa shape index (κ3) is 5.47. The molecule has 1 atom stereocenters. The fraction of sp³-hybridized carbons (Fsp3) is 0.875. The molecule has 0 aliphatic carbocycles. The predicted molar refractivity (Wildman–Crippen MR) is 80.4 cm³/mol. The van der Waals surface area contributed by atoms with E-state index in [1.807, 2.05) is 0 Å². The lowest BCUT2D eigenvalue weighted by Gasteiger charge is -2.34. The highest BCUT2D eigenvalue weighted by Crippen LogP contribution is 2.50. The van der Waals surface area contributed by atoms with Crippen LogP contribution in [0.5, 0.6) is 0 Å². The smallest absolute Gasteiger partial charge is 0.406 e. The Bertz CT molecular complexity index is 552. The maximum atomic E-state index is 14.2. The van der Waals surface area contributed by atoms with Gasteiger partial charge in [0.25, 0.3) is 0 Å². The Labute approximate surface area is 156 Å². The van der Waals surface area contributed by atoms with Gasteiger partial charge in [-0.05, 0) is 33.6 Å². The van der Waals surface area contributed by atoms with E-state index in [1.165, 1.54) is 13.8 Å². The third-order valence-electron chi connectivity index (χ3n) is 4.48. The molecule has 0 heterocycles. The summed E-state index contributed by atoms with van der Waals surface area (Å²) in [6.07, 6.45) is -14.7. The zero-order chi connectivity index (χ0) is 22.8. The van der Waals surface area contributed by atoms with E-state index >= 15 is 0 Å². The second-order valence-corrected chi connectivity index (χ2v) is 7.07. The fourth-order valence-corrected chi connectivity index (χ4v) is 1.61. The average molecular weight is 430 g/mol. The molecule has 4 nitrogen and oxygen atoms in total. The molecule has 0 amide bonds.